The van der Waals surface area contributed by atoms with E-state index >= 15 is 0 Å². The number of carbonyl (C=O) groups is 1. The van der Waals surface area contributed by atoms with Crippen LogP contribution in [0.5, 0.6) is 0 Å². The van der Waals surface area contributed by atoms with E-state index in [-0.39, 0.29) is 5.78 Å². The summed E-state index contributed by atoms with van der Waals surface area (Å²) in [4.78, 5) is 11.1. The number of rotatable bonds is 6. The van der Waals surface area contributed by atoms with Gasteiger partial charge in [0.2, 0.25) is 0 Å². The first kappa shape index (κ1) is 13.3. The van der Waals surface area contributed by atoms with Crippen molar-refractivity contribution in [3.63, 3.8) is 0 Å². The zero-order valence-electron chi connectivity index (χ0n) is 10.5. The largest absolute Gasteiger partial charge is 0.399 e. The predicted molar refractivity (Wildman–Crippen MR) is 71.6 cm³/mol. The zero-order chi connectivity index (χ0) is 12.7. The van der Waals surface area contributed by atoms with Gasteiger partial charge in [-0.2, -0.15) is 0 Å². The van der Waals surface area contributed by atoms with Crippen LogP contribution >= 0.6 is 0 Å². The van der Waals surface area contributed by atoms with Crippen molar-refractivity contribution in [1.82, 2.24) is 5.32 Å². The summed E-state index contributed by atoms with van der Waals surface area (Å²) in [5, 5.41) is 3.21. The van der Waals surface area contributed by atoms with Crippen molar-refractivity contribution >= 4 is 11.5 Å². The third kappa shape index (κ3) is 5.20. The first-order chi connectivity index (χ1) is 8.11. The maximum Gasteiger partial charge on any atom is 0.154 e. The molecule has 0 saturated heterocycles. The highest BCUT2D eigenvalue weighted by molar-refractivity contribution is 5.87. The fraction of sp³-hybridized carbons (Fsp3) is 0.357. The quantitative estimate of drug-likeness (QED) is 0.584. The van der Waals surface area contributed by atoms with Gasteiger partial charge in [-0.1, -0.05) is 12.1 Å². The molecule has 1 aromatic rings. The van der Waals surface area contributed by atoms with Crippen molar-refractivity contribution in [1.29, 1.82) is 0 Å². The van der Waals surface area contributed by atoms with Crippen LogP contribution in [0.25, 0.3) is 0 Å². The van der Waals surface area contributed by atoms with Crippen molar-refractivity contribution in [2.75, 3.05) is 12.3 Å². The third-order valence-corrected chi connectivity index (χ3v) is 2.44. The summed E-state index contributed by atoms with van der Waals surface area (Å²) < 4.78 is 0. The van der Waals surface area contributed by atoms with Gasteiger partial charge in [0.1, 0.15) is 0 Å². The Bertz CT molecular complexity index is 393. The van der Waals surface area contributed by atoms with Gasteiger partial charge in [0, 0.05) is 17.9 Å². The van der Waals surface area contributed by atoms with Crippen molar-refractivity contribution in [3.05, 3.63) is 41.6 Å². The molecule has 0 aliphatic carbocycles. The molecule has 1 rings (SSSR count). The molecular weight excluding hydrogens is 212 g/mol. The summed E-state index contributed by atoms with van der Waals surface area (Å²) in [6.45, 7) is 4.43. The smallest absolute Gasteiger partial charge is 0.154 e. The van der Waals surface area contributed by atoms with Gasteiger partial charge in [-0.15, -0.1) is 0 Å². The van der Waals surface area contributed by atoms with E-state index in [9.17, 15) is 4.79 Å². The summed E-state index contributed by atoms with van der Waals surface area (Å²) in [5.41, 5.74) is 8.63. The Morgan fingerprint density at radius 1 is 1.35 bits per heavy atom. The van der Waals surface area contributed by atoms with Crippen molar-refractivity contribution < 1.29 is 4.79 Å². The lowest BCUT2D eigenvalue weighted by molar-refractivity contribution is -0.112. The Morgan fingerprint density at radius 3 is 2.53 bits per heavy atom. The number of nitrogens with one attached hydrogen (secondary N) is 1. The van der Waals surface area contributed by atoms with E-state index in [1.807, 2.05) is 31.2 Å². The molecule has 0 aromatic heterocycles. The maximum absolute atomic E-state index is 11.1. The number of allylic oxidation sites excluding steroid dienone is 2. The average Bonchev–Trinajstić information content (AvgIpc) is 2.27. The van der Waals surface area contributed by atoms with Gasteiger partial charge >= 0.3 is 0 Å². The molecule has 0 atom stereocenters. The number of nitrogens with two attached hydrogens (primary N) is 1. The van der Waals surface area contributed by atoms with Crippen LogP contribution in [-0.2, 0) is 11.2 Å². The molecule has 92 valence electrons. The van der Waals surface area contributed by atoms with Gasteiger partial charge in [0.05, 0.1) is 0 Å². The van der Waals surface area contributed by atoms with Crippen LogP contribution in [0.15, 0.2) is 36.0 Å². The van der Waals surface area contributed by atoms with E-state index in [1.165, 1.54) is 5.56 Å². The Balaban J connectivity index is 2.57. The fourth-order valence-electron chi connectivity index (χ4n) is 1.65. The van der Waals surface area contributed by atoms with Gasteiger partial charge in [-0.05, 0) is 50.5 Å². The number of hydrogen-bond donors (Lipinski definition) is 2. The lowest BCUT2D eigenvalue weighted by Gasteiger charge is -2.08. The van der Waals surface area contributed by atoms with Crippen molar-refractivity contribution in [2.45, 2.75) is 26.7 Å². The van der Waals surface area contributed by atoms with E-state index in [0.717, 1.165) is 30.8 Å². The average molecular weight is 232 g/mol. The minimum atomic E-state index is 0.0817. The summed E-state index contributed by atoms with van der Waals surface area (Å²) in [6.07, 6.45) is 3.42. The number of aryl methyl sites for hydroxylation is 1. The van der Waals surface area contributed by atoms with Gasteiger partial charge in [-0.3, -0.25) is 4.79 Å². The van der Waals surface area contributed by atoms with Crippen molar-refractivity contribution in [3.8, 4) is 0 Å². The Kier molecular flexibility index (Phi) is 5.27. The second-order valence-corrected chi connectivity index (χ2v) is 4.05. The highest BCUT2D eigenvalue weighted by atomic mass is 16.1. The molecule has 0 heterocycles. The molecule has 3 N–H and O–H groups in total. The van der Waals surface area contributed by atoms with E-state index in [1.54, 1.807) is 13.0 Å². The topological polar surface area (TPSA) is 55.1 Å². The molecule has 17 heavy (non-hydrogen) atoms. The molecule has 3 nitrogen and oxygen atoms in total. The van der Waals surface area contributed by atoms with Crippen LogP contribution in [-0.4, -0.2) is 12.3 Å². The first-order valence-corrected chi connectivity index (χ1v) is 5.91. The van der Waals surface area contributed by atoms with Crippen LogP contribution in [0.3, 0.4) is 0 Å². The van der Waals surface area contributed by atoms with Gasteiger partial charge in [0.15, 0.2) is 5.78 Å². The lowest BCUT2D eigenvalue weighted by Crippen LogP contribution is -2.14. The molecule has 0 aliphatic heterocycles. The molecule has 3 heteroatoms. The van der Waals surface area contributed by atoms with E-state index < -0.39 is 0 Å². The number of anilines is 1. The number of nitrogen functional groups attached to an aromatic ring is 1. The van der Waals surface area contributed by atoms with Crippen LogP contribution in [0.2, 0.25) is 0 Å². The highest BCUT2D eigenvalue weighted by Crippen LogP contribution is 2.10. The fourth-order valence-corrected chi connectivity index (χ4v) is 1.65. The summed E-state index contributed by atoms with van der Waals surface area (Å²) >= 11 is 0. The monoisotopic (exact) mass is 232 g/mol. The first-order valence-electron chi connectivity index (χ1n) is 5.91. The Hall–Kier alpha value is -1.77. The van der Waals surface area contributed by atoms with Crippen LogP contribution in [0.4, 0.5) is 5.69 Å². The number of carbonyl (C=O) groups excluding carboxylic acids is 1. The third-order valence-electron chi connectivity index (χ3n) is 2.44. The second kappa shape index (κ2) is 6.74. The molecule has 0 amide bonds. The summed E-state index contributed by atoms with van der Waals surface area (Å²) in [6, 6.07) is 7.84. The minimum Gasteiger partial charge on any atom is -0.399 e. The normalized spacial score (nSPS) is 11.3. The highest BCUT2D eigenvalue weighted by Gasteiger charge is 1.99. The van der Waals surface area contributed by atoms with Crippen LogP contribution in [0.1, 0.15) is 25.8 Å². The SMILES string of the molecule is CCN/C(=C\C(C)=O)CCc1ccc(N)cc1. The van der Waals surface area contributed by atoms with Gasteiger partial charge < -0.3 is 11.1 Å². The molecule has 0 bridgehead atoms. The van der Waals surface area contributed by atoms with E-state index in [4.69, 9.17) is 5.73 Å². The molecule has 0 spiro atoms. The number of hydrogen-bond acceptors (Lipinski definition) is 3. The molecule has 0 fully saturated rings. The molecular formula is C14H20N2O. The number of benzene rings is 1. The maximum atomic E-state index is 11.1. The predicted octanol–water partition coefficient (Wildman–Crippen LogP) is 2.28. The molecule has 0 unspecified atom stereocenters. The Labute approximate surface area is 103 Å². The summed E-state index contributed by atoms with van der Waals surface area (Å²) in [5.74, 6) is 0.0817. The minimum absolute atomic E-state index is 0.0817. The van der Waals surface area contributed by atoms with Crippen LogP contribution in [0, 0.1) is 0 Å². The number of ketones is 1. The molecule has 0 saturated carbocycles. The van der Waals surface area contributed by atoms with Crippen molar-refractivity contribution in [2.24, 2.45) is 0 Å². The van der Waals surface area contributed by atoms with Gasteiger partial charge in [-0.25, -0.2) is 0 Å². The molecule has 0 radical (unpaired) electrons. The lowest BCUT2D eigenvalue weighted by atomic mass is 10.1. The second-order valence-electron chi connectivity index (χ2n) is 4.05. The standard InChI is InChI=1S/C14H20N2O/c1-3-16-14(10-11(2)17)9-6-12-4-7-13(15)8-5-12/h4-5,7-8,10,16H,3,6,9,15H2,1-2H3/b14-10-. The van der Waals surface area contributed by atoms with Gasteiger partial charge in [0.25, 0.3) is 0 Å². The van der Waals surface area contributed by atoms with E-state index in [2.05, 4.69) is 5.32 Å². The molecule has 1 aromatic carbocycles. The molecule has 0 aliphatic rings. The Morgan fingerprint density at radius 2 is 2.00 bits per heavy atom. The van der Waals surface area contributed by atoms with E-state index in [0.29, 0.717) is 0 Å². The zero-order valence-corrected chi connectivity index (χ0v) is 10.5. The van der Waals surface area contributed by atoms with Crippen LogP contribution < -0.4 is 11.1 Å². The summed E-state index contributed by atoms with van der Waals surface area (Å²) in [7, 11) is 0.